The topological polar surface area (TPSA) is 92.7 Å². The standard InChI is InChI=1S/C10H12BrNO5S/c1-6(10(13)14)18(15,16)12-9-5-7(17-2)3-4-8(9)11/h3-6,12H,1-2H3,(H,13,14). The van der Waals surface area contributed by atoms with E-state index in [-0.39, 0.29) is 5.69 Å². The van der Waals surface area contributed by atoms with E-state index in [0.29, 0.717) is 10.2 Å². The molecule has 2 N–H and O–H groups in total. The van der Waals surface area contributed by atoms with Crippen LogP contribution in [0, 0.1) is 0 Å². The lowest BCUT2D eigenvalue weighted by atomic mass is 10.3. The van der Waals surface area contributed by atoms with Crippen LogP contribution < -0.4 is 9.46 Å². The molecule has 1 rings (SSSR count). The number of carboxylic acids is 1. The molecule has 6 nitrogen and oxygen atoms in total. The molecule has 1 unspecified atom stereocenters. The van der Waals surface area contributed by atoms with Crippen molar-refractivity contribution < 1.29 is 23.1 Å². The molecule has 1 aromatic rings. The van der Waals surface area contributed by atoms with Gasteiger partial charge in [-0.15, -0.1) is 0 Å². The summed E-state index contributed by atoms with van der Waals surface area (Å²) in [6.45, 7) is 1.10. The Bertz CT molecular complexity index is 557. The number of carboxylic acid groups (broad SMARTS) is 1. The van der Waals surface area contributed by atoms with E-state index in [1.165, 1.54) is 13.2 Å². The Labute approximate surface area is 113 Å². The Morgan fingerprint density at radius 1 is 1.50 bits per heavy atom. The van der Waals surface area contributed by atoms with E-state index in [0.717, 1.165) is 6.92 Å². The van der Waals surface area contributed by atoms with Gasteiger partial charge in [-0.25, -0.2) is 8.42 Å². The van der Waals surface area contributed by atoms with Crippen LogP contribution in [0.1, 0.15) is 6.92 Å². The minimum Gasteiger partial charge on any atom is -0.497 e. The molecule has 1 atom stereocenters. The van der Waals surface area contributed by atoms with Gasteiger partial charge in [-0.05, 0) is 35.0 Å². The quantitative estimate of drug-likeness (QED) is 0.852. The number of ether oxygens (including phenoxy) is 1. The molecule has 100 valence electrons. The fourth-order valence-corrected chi connectivity index (χ4v) is 2.48. The third-order valence-electron chi connectivity index (χ3n) is 2.24. The molecule has 0 heterocycles. The summed E-state index contributed by atoms with van der Waals surface area (Å²) in [5.41, 5.74) is 0.224. The van der Waals surface area contributed by atoms with Gasteiger partial charge < -0.3 is 9.84 Å². The summed E-state index contributed by atoms with van der Waals surface area (Å²) in [5.74, 6) is -0.958. The Morgan fingerprint density at radius 3 is 2.61 bits per heavy atom. The van der Waals surface area contributed by atoms with Gasteiger partial charge in [0, 0.05) is 10.5 Å². The van der Waals surface area contributed by atoms with Crippen molar-refractivity contribution in [2.45, 2.75) is 12.2 Å². The lowest BCUT2D eigenvalue weighted by molar-refractivity contribution is -0.136. The van der Waals surface area contributed by atoms with Crippen LogP contribution >= 0.6 is 15.9 Å². The summed E-state index contributed by atoms with van der Waals surface area (Å²) < 4.78 is 31.1. The fraction of sp³-hybridized carbons (Fsp3) is 0.300. The normalized spacial score (nSPS) is 12.8. The summed E-state index contributed by atoms with van der Waals surface area (Å²) in [5, 5.41) is 7.16. The molecule has 18 heavy (non-hydrogen) atoms. The van der Waals surface area contributed by atoms with E-state index >= 15 is 0 Å². The van der Waals surface area contributed by atoms with Crippen LogP contribution in [-0.2, 0) is 14.8 Å². The van der Waals surface area contributed by atoms with Gasteiger partial charge in [0.2, 0.25) is 10.0 Å². The minimum absolute atomic E-state index is 0.224. The van der Waals surface area contributed by atoms with Crippen LogP contribution in [0.4, 0.5) is 5.69 Å². The smallest absolute Gasteiger partial charge is 0.323 e. The zero-order valence-corrected chi connectivity index (χ0v) is 12.1. The maximum absolute atomic E-state index is 11.7. The lowest BCUT2D eigenvalue weighted by Crippen LogP contribution is -2.32. The third kappa shape index (κ3) is 3.36. The molecular weight excluding hydrogens is 326 g/mol. The number of aliphatic carboxylic acids is 1. The molecule has 0 bridgehead atoms. The van der Waals surface area contributed by atoms with Gasteiger partial charge in [0.15, 0.2) is 5.25 Å². The van der Waals surface area contributed by atoms with Gasteiger partial charge in [0.05, 0.1) is 12.8 Å². The molecule has 0 spiro atoms. The molecular formula is C10H12BrNO5S. The first kappa shape index (κ1) is 14.8. The molecule has 0 aliphatic carbocycles. The summed E-state index contributed by atoms with van der Waals surface area (Å²) in [6, 6.07) is 4.70. The van der Waals surface area contributed by atoms with Gasteiger partial charge in [0.1, 0.15) is 5.75 Å². The zero-order chi connectivity index (χ0) is 13.9. The predicted molar refractivity (Wildman–Crippen MR) is 70.3 cm³/mol. The van der Waals surface area contributed by atoms with Crippen molar-refractivity contribution in [3.05, 3.63) is 22.7 Å². The first-order valence-electron chi connectivity index (χ1n) is 4.86. The van der Waals surface area contributed by atoms with E-state index < -0.39 is 21.2 Å². The van der Waals surface area contributed by atoms with Crippen LogP contribution in [0.3, 0.4) is 0 Å². The number of sulfonamides is 1. The highest BCUT2D eigenvalue weighted by atomic mass is 79.9. The maximum Gasteiger partial charge on any atom is 0.323 e. The Kier molecular flexibility index (Phi) is 4.58. The van der Waals surface area contributed by atoms with Gasteiger partial charge in [-0.1, -0.05) is 0 Å². The van der Waals surface area contributed by atoms with E-state index in [1.807, 2.05) is 0 Å². The van der Waals surface area contributed by atoms with Crippen LogP contribution in [0.15, 0.2) is 22.7 Å². The number of nitrogens with one attached hydrogen (secondary N) is 1. The van der Waals surface area contributed by atoms with Crippen molar-refractivity contribution in [3.63, 3.8) is 0 Å². The second-order valence-corrected chi connectivity index (χ2v) is 6.33. The average Bonchev–Trinajstić information content (AvgIpc) is 2.30. The Balaban J connectivity index is 3.07. The van der Waals surface area contributed by atoms with E-state index in [1.54, 1.807) is 12.1 Å². The number of benzene rings is 1. The molecule has 0 radical (unpaired) electrons. The largest absolute Gasteiger partial charge is 0.497 e. The zero-order valence-electron chi connectivity index (χ0n) is 9.68. The van der Waals surface area contributed by atoms with Gasteiger partial charge in [0.25, 0.3) is 0 Å². The van der Waals surface area contributed by atoms with Crippen LogP contribution in [0.2, 0.25) is 0 Å². The molecule has 0 saturated carbocycles. The third-order valence-corrected chi connectivity index (χ3v) is 4.57. The number of carbonyl (C=O) groups is 1. The predicted octanol–water partition coefficient (Wildman–Crippen LogP) is 1.67. The van der Waals surface area contributed by atoms with E-state index in [2.05, 4.69) is 20.7 Å². The average molecular weight is 338 g/mol. The summed E-state index contributed by atoms with van der Waals surface area (Å²) in [6.07, 6.45) is 0. The monoisotopic (exact) mass is 337 g/mol. The van der Waals surface area contributed by atoms with E-state index in [9.17, 15) is 13.2 Å². The Morgan fingerprint density at radius 2 is 2.11 bits per heavy atom. The highest BCUT2D eigenvalue weighted by Crippen LogP contribution is 2.28. The first-order chi connectivity index (χ1) is 8.27. The van der Waals surface area contributed by atoms with Crippen LogP contribution in [-0.4, -0.2) is 31.9 Å². The van der Waals surface area contributed by atoms with Crippen molar-refractivity contribution >= 4 is 37.6 Å². The molecule has 8 heteroatoms. The molecule has 0 amide bonds. The number of hydrogen-bond donors (Lipinski definition) is 2. The van der Waals surface area contributed by atoms with Crippen molar-refractivity contribution in [2.75, 3.05) is 11.8 Å². The Hall–Kier alpha value is -1.28. The van der Waals surface area contributed by atoms with Gasteiger partial charge in [-0.2, -0.15) is 0 Å². The van der Waals surface area contributed by atoms with E-state index in [4.69, 9.17) is 9.84 Å². The summed E-state index contributed by atoms with van der Waals surface area (Å²) >= 11 is 3.17. The van der Waals surface area contributed by atoms with Crippen LogP contribution in [0.25, 0.3) is 0 Å². The number of rotatable bonds is 5. The molecule has 0 saturated heterocycles. The second-order valence-electron chi connectivity index (χ2n) is 3.47. The lowest BCUT2D eigenvalue weighted by Gasteiger charge is -2.13. The minimum atomic E-state index is -4.00. The van der Waals surface area contributed by atoms with Crippen molar-refractivity contribution in [2.24, 2.45) is 0 Å². The SMILES string of the molecule is COc1ccc(Br)c(NS(=O)(=O)C(C)C(=O)O)c1. The molecule has 0 aliphatic heterocycles. The first-order valence-corrected chi connectivity index (χ1v) is 7.20. The van der Waals surface area contributed by atoms with Crippen molar-refractivity contribution in [1.82, 2.24) is 0 Å². The molecule has 0 fully saturated rings. The second kappa shape index (κ2) is 5.57. The molecule has 0 aromatic heterocycles. The van der Waals surface area contributed by atoms with Gasteiger partial charge >= 0.3 is 5.97 Å². The number of anilines is 1. The number of halogens is 1. The van der Waals surface area contributed by atoms with Gasteiger partial charge in [-0.3, -0.25) is 9.52 Å². The summed E-state index contributed by atoms with van der Waals surface area (Å²) in [4.78, 5) is 10.7. The highest BCUT2D eigenvalue weighted by molar-refractivity contribution is 9.10. The number of methoxy groups -OCH3 is 1. The highest BCUT2D eigenvalue weighted by Gasteiger charge is 2.28. The summed E-state index contributed by atoms with van der Waals surface area (Å²) in [7, 11) is -2.55. The van der Waals surface area contributed by atoms with Crippen molar-refractivity contribution in [3.8, 4) is 5.75 Å². The van der Waals surface area contributed by atoms with Crippen molar-refractivity contribution in [1.29, 1.82) is 0 Å². The fourth-order valence-electron chi connectivity index (χ4n) is 1.08. The molecule has 0 aliphatic rings. The number of hydrogen-bond acceptors (Lipinski definition) is 4. The van der Waals surface area contributed by atoms with Crippen LogP contribution in [0.5, 0.6) is 5.75 Å². The molecule has 1 aromatic carbocycles. The maximum atomic E-state index is 11.7.